The van der Waals surface area contributed by atoms with Gasteiger partial charge in [-0.3, -0.25) is 14.4 Å². The van der Waals surface area contributed by atoms with Crippen LogP contribution >= 0.6 is 11.3 Å². The number of primary amides is 1. The lowest BCUT2D eigenvalue weighted by Crippen LogP contribution is -2.27. The standard InChI is InChI=1S/C17H19N3O3S/c1-10-6-7-20(14(22)8-10)9-13(21)19-17-15(16(18)23)11-4-2-3-5-12(11)24-17/h6-8H,2-5,9H2,1H3,(H2,18,23)(H,19,21). The van der Waals surface area contributed by atoms with Crippen LogP contribution in [-0.4, -0.2) is 16.4 Å². The van der Waals surface area contributed by atoms with Crippen molar-refractivity contribution in [3.05, 3.63) is 50.3 Å². The summed E-state index contributed by atoms with van der Waals surface area (Å²) in [6.07, 6.45) is 5.42. The molecule has 0 bridgehead atoms. The summed E-state index contributed by atoms with van der Waals surface area (Å²) in [6.45, 7) is 1.72. The first kappa shape index (κ1) is 16.4. The molecule has 2 aromatic heterocycles. The second kappa shape index (κ2) is 6.60. The van der Waals surface area contributed by atoms with Gasteiger partial charge in [-0.05, 0) is 49.8 Å². The number of aryl methyl sites for hydroxylation is 2. The number of rotatable bonds is 4. The van der Waals surface area contributed by atoms with Crippen molar-refractivity contribution in [2.45, 2.75) is 39.2 Å². The molecule has 3 N–H and O–H groups in total. The van der Waals surface area contributed by atoms with Crippen molar-refractivity contribution in [1.29, 1.82) is 0 Å². The van der Waals surface area contributed by atoms with E-state index in [1.165, 1.54) is 22.0 Å². The molecule has 7 heteroatoms. The molecule has 126 valence electrons. The molecule has 0 spiro atoms. The van der Waals surface area contributed by atoms with E-state index in [-0.39, 0.29) is 18.0 Å². The molecule has 2 aromatic rings. The fourth-order valence-electron chi connectivity index (χ4n) is 2.97. The minimum absolute atomic E-state index is 0.0973. The number of fused-ring (bicyclic) bond motifs is 1. The smallest absolute Gasteiger partial charge is 0.251 e. The Balaban J connectivity index is 1.83. The van der Waals surface area contributed by atoms with Crippen molar-refractivity contribution >= 4 is 28.2 Å². The van der Waals surface area contributed by atoms with Crippen molar-refractivity contribution < 1.29 is 9.59 Å². The van der Waals surface area contributed by atoms with E-state index in [2.05, 4.69) is 5.32 Å². The number of nitrogens with two attached hydrogens (primary N) is 1. The SMILES string of the molecule is Cc1ccn(CC(=O)Nc2sc3c(c2C(N)=O)CCCC3)c(=O)c1. The zero-order chi connectivity index (χ0) is 17.3. The lowest BCUT2D eigenvalue weighted by Gasteiger charge is -2.11. The lowest BCUT2D eigenvalue weighted by molar-refractivity contribution is -0.116. The van der Waals surface area contributed by atoms with E-state index < -0.39 is 5.91 Å². The van der Waals surface area contributed by atoms with Crippen molar-refractivity contribution in [2.75, 3.05) is 5.32 Å². The summed E-state index contributed by atoms with van der Waals surface area (Å²) in [5.74, 6) is -0.862. The van der Waals surface area contributed by atoms with Gasteiger partial charge in [0.05, 0.1) is 5.56 Å². The first-order valence-corrected chi connectivity index (χ1v) is 8.68. The number of carbonyl (C=O) groups excluding carboxylic acids is 2. The molecule has 6 nitrogen and oxygen atoms in total. The van der Waals surface area contributed by atoms with E-state index in [4.69, 9.17) is 5.73 Å². The average Bonchev–Trinajstić information content (AvgIpc) is 2.87. The van der Waals surface area contributed by atoms with Crippen LogP contribution in [0.4, 0.5) is 5.00 Å². The van der Waals surface area contributed by atoms with Crippen LogP contribution in [0.2, 0.25) is 0 Å². The third-order valence-electron chi connectivity index (χ3n) is 4.14. The zero-order valence-corrected chi connectivity index (χ0v) is 14.2. The minimum Gasteiger partial charge on any atom is -0.365 e. The highest BCUT2D eigenvalue weighted by atomic mass is 32.1. The van der Waals surface area contributed by atoms with Gasteiger partial charge in [0.1, 0.15) is 11.5 Å². The second-order valence-electron chi connectivity index (χ2n) is 6.00. The predicted molar refractivity (Wildman–Crippen MR) is 93.5 cm³/mol. The Bertz CT molecular complexity index is 866. The summed E-state index contributed by atoms with van der Waals surface area (Å²) in [4.78, 5) is 37.1. The Morgan fingerprint density at radius 2 is 2.08 bits per heavy atom. The number of carbonyl (C=O) groups is 2. The number of nitrogens with zero attached hydrogens (tertiary/aromatic N) is 1. The van der Waals surface area contributed by atoms with Gasteiger partial charge in [-0.2, -0.15) is 0 Å². The topological polar surface area (TPSA) is 94.2 Å². The van der Waals surface area contributed by atoms with Gasteiger partial charge >= 0.3 is 0 Å². The average molecular weight is 345 g/mol. The monoisotopic (exact) mass is 345 g/mol. The molecule has 0 fully saturated rings. The summed E-state index contributed by atoms with van der Waals surface area (Å²) in [6, 6.07) is 3.25. The van der Waals surface area contributed by atoms with Crippen molar-refractivity contribution in [2.24, 2.45) is 5.73 Å². The van der Waals surface area contributed by atoms with Gasteiger partial charge in [0, 0.05) is 17.1 Å². The second-order valence-corrected chi connectivity index (χ2v) is 7.10. The van der Waals surface area contributed by atoms with Gasteiger partial charge in [0.2, 0.25) is 5.91 Å². The Labute approximate surface area is 143 Å². The van der Waals surface area contributed by atoms with Gasteiger partial charge in [-0.25, -0.2) is 0 Å². The molecular weight excluding hydrogens is 326 g/mol. The molecule has 0 atom stereocenters. The van der Waals surface area contributed by atoms with Crippen LogP contribution < -0.4 is 16.6 Å². The third kappa shape index (κ3) is 3.26. The summed E-state index contributed by atoms with van der Waals surface area (Å²) in [7, 11) is 0. The van der Waals surface area contributed by atoms with Crippen LogP contribution in [0.5, 0.6) is 0 Å². The van der Waals surface area contributed by atoms with E-state index in [1.54, 1.807) is 12.3 Å². The van der Waals surface area contributed by atoms with Crippen molar-refractivity contribution in [3.8, 4) is 0 Å². The zero-order valence-electron chi connectivity index (χ0n) is 13.4. The van der Waals surface area contributed by atoms with Crippen LogP contribution in [0.25, 0.3) is 0 Å². The lowest BCUT2D eigenvalue weighted by atomic mass is 9.95. The van der Waals surface area contributed by atoms with Crippen LogP contribution in [0.15, 0.2) is 23.1 Å². The fourth-order valence-corrected chi connectivity index (χ4v) is 4.28. The Kier molecular flexibility index (Phi) is 4.53. The Morgan fingerprint density at radius 3 is 2.79 bits per heavy atom. The summed E-state index contributed by atoms with van der Waals surface area (Å²) in [5.41, 5.74) is 7.53. The Morgan fingerprint density at radius 1 is 1.33 bits per heavy atom. The molecule has 1 aliphatic carbocycles. The third-order valence-corrected chi connectivity index (χ3v) is 5.34. The fraction of sp³-hybridized carbons (Fsp3) is 0.353. The molecular formula is C17H19N3O3S. The maximum Gasteiger partial charge on any atom is 0.251 e. The van der Waals surface area contributed by atoms with Gasteiger partial charge < -0.3 is 15.6 Å². The molecule has 2 heterocycles. The van der Waals surface area contributed by atoms with E-state index in [1.807, 2.05) is 6.92 Å². The number of hydrogen-bond acceptors (Lipinski definition) is 4. The minimum atomic E-state index is -0.516. The molecule has 0 saturated heterocycles. The summed E-state index contributed by atoms with van der Waals surface area (Å²) >= 11 is 1.42. The summed E-state index contributed by atoms with van der Waals surface area (Å²) in [5, 5.41) is 3.26. The maximum atomic E-state index is 12.3. The molecule has 0 saturated carbocycles. The predicted octanol–water partition coefficient (Wildman–Crippen LogP) is 1.83. The van der Waals surface area contributed by atoms with Crippen LogP contribution in [0.3, 0.4) is 0 Å². The summed E-state index contributed by atoms with van der Waals surface area (Å²) < 4.78 is 1.33. The molecule has 0 unspecified atom stereocenters. The highest BCUT2D eigenvalue weighted by Crippen LogP contribution is 2.37. The molecule has 0 aliphatic heterocycles. The number of aromatic nitrogens is 1. The molecule has 2 amide bonds. The van der Waals surface area contributed by atoms with E-state index in [9.17, 15) is 14.4 Å². The van der Waals surface area contributed by atoms with E-state index in [0.717, 1.165) is 41.7 Å². The number of thiophene rings is 1. The molecule has 3 rings (SSSR count). The van der Waals surface area contributed by atoms with Crippen molar-refractivity contribution in [3.63, 3.8) is 0 Å². The number of pyridine rings is 1. The highest BCUT2D eigenvalue weighted by Gasteiger charge is 2.24. The molecule has 0 radical (unpaired) electrons. The van der Waals surface area contributed by atoms with Gasteiger partial charge in [0.15, 0.2) is 0 Å². The van der Waals surface area contributed by atoms with Gasteiger partial charge in [-0.1, -0.05) is 0 Å². The molecule has 0 aromatic carbocycles. The van der Waals surface area contributed by atoms with Crippen LogP contribution in [0.1, 0.15) is 39.2 Å². The van der Waals surface area contributed by atoms with Gasteiger partial charge in [-0.15, -0.1) is 11.3 Å². The highest BCUT2D eigenvalue weighted by molar-refractivity contribution is 7.17. The Hall–Kier alpha value is -2.41. The van der Waals surface area contributed by atoms with Gasteiger partial charge in [0.25, 0.3) is 11.5 Å². The number of anilines is 1. The molecule has 1 aliphatic rings. The van der Waals surface area contributed by atoms with E-state index >= 15 is 0 Å². The van der Waals surface area contributed by atoms with Crippen LogP contribution in [-0.2, 0) is 24.2 Å². The maximum absolute atomic E-state index is 12.3. The first-order chi connectivity index (χ1) is 11.5. The van der Waals surface area contributed by atoms with Crippen molar-refractivity contribution in [1.82, 2.24) is 4.57 Å². The number of nitrogens with one attached hydrogen (secondary N) is 1. The van der Waals surface area contributed by atoms with Crippen LogP contribution in [0, 0.1) is 6.92 Å². The molecule has 24 heavy (non-hydrogen) atoms. The quantitative estimate of drug-likeness (QED) is 0.885. The number of hydrogen-bond donors (Lipinski definition) is 2. The first-order valence-electron chi connectivity index (χ1n) is 7.87. The van der Waals surface area contributed by atoms with E-state index in [0.29, 0.717) is 10.6 Å². The normalized spacial score (nSPS) is 13.4. The largest absolute Gasteiger partial charge is 0.365 e. The number of amides is 2.